The van der Waals surface area contributed by atoms with Crippen LogP contribution < -0.4 is 5.32 Å². The quantitative estimate of drug-likeness (QED) is 0.429. The molecule has 12 heteroatoms. The number of nitrogens with zero attached hydrogens (tertiary/aromatic N) is 8. The second-order valence-electron chi connectivity index (χ2n) is 9.16. The van der Waals surface area contributed by atoms with Gasteiger partial charge in [-0.1, -0.05) is 5.16 Å². The monoisotopic (exact) mass is 489 g/mol. The Morgan fingerprint density at radius 2 is 2.03 bits per heavy atom. The van der Waals surface area contributed by atoms with Crippen LogP contribution in [0, 0.1) is 0 Å². The maximum atomic E-state index is 13.0. The van der Waals surface area contributed by atoms with Crippen molar-refractivity contribution >= 4 is 17.4 Å². The van der Waals surface area contributed by atoms with Crippen molar-refractivity contribution in [3.63, 3.8) is 0 Å². The predicted octanol–water partition coefficient (Wildman–Crippen LogP) is 2.28. The van der Waals surface area contributed by atoms with Crippen LogP contribution in [-0.2, 0) is 9.53 Å². The maximum absolute atomic E-state index is 13.0. The number of likely N-dealkylation sites (tertiary alicyclic amines) is 1. The summed E-state index contributed by atoms with van der Waals surface area (Å²) < 4.78 is 12.7. The van der Waals surface area contributed by atoms with E-state index >= 15 is 0 Å². The number of carbonyl (C=O) groups excluding carboxylic acids is 1. The van der Waals surface area contributed by atoms with Crippen LogP contribution in [0.5, 0.6) is 0 Å². The molecule has 1 N–H and O–H groups in total. The van der Waals surface area contributed by atoms with Crippen LogP contribution >= 0.6 is 0 Å². The van der Waals surface area contributed by atoms with Crippen molar-refractivity contribution in [3.8, 4) is 11.4 Å². The highest BCUT2D eigenvalue weighted by molar-refractivity contribution is 5.80. The van der Waals surface area contributed by atoms with E-state index < -0.39 is 0 Å². The number of rotatable bonds is 6. The van der Waals surface area contributed by atoms with Crippen LogP contribution in [0.25, 0.3) is 17.0 Å². The summed E-state index contributed by atoms with van der Waals surface area (Å²) in [4.78, 5) is 23.7. The van der Waals surface area contributed by atoms with Crippen molar-refractivity contribution in [1.29, 1.82) is 0 Å². The molecule has 4 aromatic rings. The molecule has 4 aromatic heterocycles. The number of ether oxygens (including phenoxy) is 1. The van der Waals surface area contributed by atoms with Crippen LogP contribution in [0.15, 0.2) is 41.2 Å². The molecule has 2 saturated heterocycles. The summed E-state index contributed by atoms with van der Waals surface area (Å²) in [6, 6.07) is 7.34. The number of amides is 1. The van der Waals surface area contributed by atoms with Crippen LogP contribution in [0.1, 0.15) is 49.2 Å². The van der Waals surface area contributed by atoms with Crippen molar-refractivity contribution in [1.82, 2.24) is 39.8 Å². The molecule has 2 aliphatic rings. The van der Waals surface area contributed by atoms with E-state index in [1.807, 2.05) is 23.1 Å². The molecule has 2 fully saturated rings. The largest absolute Gasteiger partial charge is 0.381 e. The molecule has 6 heterocycles. The molecule has 1 amide bonds. The van der Waals surface area contributed by atoms with Gasteiger partial charge >= 0.3 is 0 Å². The first-order chi connectivity index (χ1) is 17.7. The summed E-state index contributed by atoms with van der Waals surface area (Å²) in [5, 5.41) is 20.3. The van der Waals surface area contributed by atoms with Gasteiger partial charge in [0.05, 0.1) is 12.5 Å². The summed E-state index contributed by atoms with van der Waals surface area (Å²) in [6.07, 6.45) is 7.07. The topological polar surface area (TPSA) is 136 Å². The number of pyridine rings is 1. The first kappa shape index (κ1) is 22.5. The van der Waals surface area contributed by atoms with E-state index in [2.05, 4.69) is 35.7 Å². The zero-order chi connectivity index (χ0) is 24.3. The number of fused-ring (bicyclic) bond motifs is 1. The van der Waals surface area contributed by atoms with Crippen molar-refractivity contribution < 1.29 is 14.1 Å². The predicted molar refractivity (Wildman–Crippen MR) is 128 cm³/mol. The standard InChI is InChI=1S/C24H27N9O3/c34-21(14-26-19-5-6-20-28-29-23(33(20)30-19)17-3-1-9-25-13-17)32-10-2-4-18(15-32)24-27-22(31-36-24)16-7-11-35-12-8-16/h1,3,5-6,9,13,16,18H,2,4,7-8,10-12,14-15H2,(H,26,30)/t18-/m0/s1. The molecule has 1 atom stereocenters. The molecule has 12 nitrogen and oxygen atoms in total. The first-order valence-electron chi connectivity index (χ1n) is 12.3. The lowest BCUT2D eigenvalue weighted by molar-refractivity contribution is -0.130. The summed E-state index contributed by atoms with van der Waals surface area (Å²) >= 11 is 0. The molecule has 36 heavy (non-hydrogen) atoms. The van der Waals surface area contributed by atoms with E-state index in [4.69, 9.17) is 9.26 Å². The maximum Gasteiger partial charge on any atom is 0.241 e. The van der Waals surface area contributed by atoms with Gasteiger partial charge in [0.1, 0.15) is 5.82 Å². The number of aromatic nitrogens is 7. The molecule has 6 rings (SSSR count). The van der Waals surface area contributed by atoms with Crippen LogP contribution in [0.3, 0.4) is 0 Å². The van der Waals surface area contributed by atoms with Gasteiger partial charge in [-0.05, 0) is 49.9 Å². The Morgan fingerprint density at radius 1 is 1.11 bits per heavy atom. The molecule has 0 radical (unpaired) electrons. The van der Waals surface area contributed by atoms with Crippen LogP contribution in [-0.4, -0.2) is 78.6 Å². The minimum atomic E-state index is 0.00186. The van der Waals surface area contributed by atoms with Crippen LogP contribution in [0.2, 0.25) is 0 Å². The molecule has 2 aliphatic heterocycles. The molecule has 0 aromatic carbocycles. The van der Waals surface area contributed by atoms with Crippen molar-refractivity contribution in [3.05, 3.63) is 48.4 Å². The SMILES string of the molecule is O=C(CNc1ccc2nnc(-c3cccnc3)n2n1)N1CCC[C@H](c2nc(C3CCOCC3)no2)C1. The van der Waals surface area contributed by atoms with Gasteiger partial charge in [-0.3, -0.25) is 9.78 Å². The average Bonchev–Trinajstić information content (AvgIpc) is 3.60. The Kier molecular flexibility index (Phi) is 6.24. The fraction of sp³-hybridized carbons (Fsp3) is 0.458. The lowest BCUT2D eigenvalue weighted by Crippen LogP contribution is -2.42. The van der Waals surface area contributed by atoms with E-state index in [0.29, 0.717) is 36.3 Å². The Balaban J connectivity index is 1.09. The summed E-state index contributed by atoms with van der Waals surface area (Å²) in [5.41, 5.74) is 1.43. The molecular formula is C24H27N9O3. The zero-order valence-corrected chi connectivity index (χ0v) is 19.8. The van der Waals surface area contributed by atoms with Crippen molar-refractivity contribution in [2.45, 2.75) is 37.5 Å². The minimum absolute atomic E-state index is 0.00186. The highest BCUT2D eigenvalue weighted by Crippen LogP contribution is 2.29. The first-order valence-corrected chi connectivity index (χ1v) is 12.3. The van der Waals surface area contributed by atoms with E-state index in [-0.39, 0.29) is 24.3 Å². The third-order valence-electron chi connectivity index (χ3n) is 6.77. The molecule has 0 spiro atoms. The van der Waals surface area contributed by atoms with Gasteiger partial charge in [-0.25, -0.2) is 0 Å². The number of hydrogen-bond acceptors (Lipinski definition) is 10. The molecular weight excluding hydrogens is 462 g/mol. The molecule has 0 bridgehead atoms. The van der Waals surface area contributed by atoms with Gasteiger partial charge < -0.3 is 19.5 Å². The highest BCUT2D eigenvalue weighted by Gasteiger charge is 2.30. The van der Waals surface area contributed by atoms with Crippen LogP contribution in [0.4, 0.5) is 5.82 Å². The van der Waals surface area contributed by atoms with Gasteiger partial charge in [0.25, 0.3) is 0 Å². The lowest BCUT2D eigenvalue weighted by Gasteiger charge is -2.31. The Bertz CT molecular complexity index is 1330. The second kappa shape index (κ2) is 9.97. The van der Waals surface area contributed by atoms with E-state index in [9.17, 15) is 4.79 Å². The fourth-order valence-corrected chi connectivity index (χ4v) is 4.78. The third-order valence-corrected chi connectivity index (χ3v) is 6.77. The van der Waals surface area contributed by atoms with E-state index in [1.54, 1.807) is 23.0 Å². The molecule has 0 unspecified atom stereocenters. The fourth-order valence-electron chi connectivity index (χ4n) is 4.78. The van der Waals surface area contributed by atoms with Gasteiger partial charge in [-0.2, -0.15) is 9.50 Å². The average molecular weight is 490 g/mol. The van der Waals surface area contributed by atoms with Gasteiger partial charge in [0, 0.05) is 50.2 Å². The summed E-state index contributed by atoms with van der Waals surface area (Å²) in [6.45, 7) is 2.88. The number of piperidine rings is 1. The van der Waals surface area contributed by atoms with Crippen molar-refractivity contribution in [2.75, 3.05) is 38.2 Å². The second-order valence-corrected chi connectivity index (χ2v) is 9.16. The third kappa shape index (κ3) is 4.63. The molecule has 0 saturated carbocycles. The number of hydrogen-bond donors (Lipinski definition) is 1. The van der Waals surface area contributed by atoms with Gasteiger partial charge in [-0.15, -0.1) is 15.3 Å². The summed E-state index contributed by atoms with van der Waals surface area (Å²) in [7, 11) is 0. The highest BCUT2D eigenvalue weighted by atomic mass is 16.5. The van der Waals surface area contributed by atoms with E-state index in [1.165, 1.54) is 0 Å². The molecule has 0 aliphatic carbocycles. The Morgan fingerprint density at radius 3 is 2.89 bits per heavy atom. The smallest absolute Gasteiger partial charge is 0.241 e. The lowest BCUT2D eigenvalue weighted by atomic mass is 9.97. The molecule has 186 valence electrons. The summed E-state index contributed by atoms with van der Waals surface area (Å²) in [5.74, 6) is 2.89. The zero-order valence-electron chi connectivity index (χ0n) is 19.8. The minimum Gasteiger partial charge on any atom is -0.381 e. The normalized spacial score (nSPS) is 19.0. The number of carbonyl (C=O) groups is 1. The van der Waals surface area contributed by atoms with Gasteiger partial charge in [0.15, 0.2) is 17.3 Å². The number of nitrogens with one attached hydrogen (secondary N) is 1. The van der Waals surface area contributed by atoms with Gasteiger partial charge in [0.2, 0.25) is 11.8 Å². The number of anilines is 1. The van der Waals surface area contributed by atoms with Crippen molar-refractivity contribution in [2.24, 2.45) is 0 Å². The Hall–Kier alpha value is -3.93. The van der Waals surface area contributed by atoms with E-state index in [0.717, 1.165) is 50.3 Å². The Labute approximate surface area is 207 Å².